The number of carbonyl (C=O) groups is 2. The van der Waals surface area contributed by atoms with Gasteiger partial charge in [-0.1, -0.05) is 24.3 Å². The van der Waals surface area contributed by atoms with Crippen molar-refractivity contribution in [2.45, 2.75) is 48.8 Å². The van der Waals surface area contributed by atoms with Crippen molar-refractivity contribution in [3.05, 3.63) is 59.2 Å². The Morgan fingerprint density at radius 1 is 1.20 bits per heavy atom. The van der Waals surface area contributed by atoms with E-state index in [1.54, 1.807) is 7.11 Å². The van der Waals surface area contributed by atoms with E-state index in [-0.39, 0.29) is 18.1 Å². The van der Waals surface area contributed by atoms with Crippen LogP contribution in [0.1, 0.15) is 40.7 Å². The first-order valence-electron chi connectivity index (χ1n) is 10.5. The highest BCUT2D eigenvalue weighted by molar-refractivity contribution is 5.95. The van der Waals surface area contributed by atoms with E-state index in [0.29, 0.717) is 42.9 Å². The summed E-state index contributed by atoms with van der Waals surface area (Å²) in [6, 6.07) is 12.7. The van der Waals surface area contributed by atoms with E-state index in [1.807, 2.05) is 47.4 Å². The molecule has 154 valence electrons. The van der Waals surface area contributed by atoms with Gasteiger partial charge in [0, 0.05) is 24.1 Å². The number of aliphatic hydroxyl groups is 1. The lowest BCUT2D eigenvalue weighted by Gasteiger charge is -2.62. The molecule has 4 atom stereocenters. The first-order chi connectivity index (χ1) is 14.5. The highest BCUT2D eigenvalue weighted by Gasteiger charge is 2.73. The Hall–Kier alpha value is -2.86. The van der Waals surface area contributed by atoms with E-state index in [1.165, 1.54) is 0 Å². The van der Waals surface area contributed by atoms with Crippen LogP contribution in [0.4, 0.5) is 0 Å². The quantitative estimate of drug-likeness (QED) is 0.830. The van der Waals surface area contributed by atoms with Crippen molar-refractivity contribution >= 4 is 11.7 Å². The maximum Gasteiger partial charge on any atom is 0.254 e. The van der Waals surface area contributed by atoms with Crippen LogP contribution in [0.15, 0.2) is 42.5 Å². The number of likely N-dealkylation sites (tertiary alicyclic amines) is 1. The van der Waals surface area contributed by atoms with Gasteiger partial charge in [0.05, 0.1) is 24.2 Å². The van der Waals surface area contributed by atoms with Crippen LogP contribution < -0.4 is 9.47 Å². The fourth-order valence-corrected chi connectivity index (χ4v) is 6.47. The predicted molar refractivity (Wildman–Crippen MR) is 108 cm³/mol. The molecule has 2 fully saturated rings. The van der Waals surface area contributed by atoms with Gasteiger partial charge >= 0.3 is 0 Å². The molecular formula is C24H23NO5. The van der Waals surface area contributed by atoms with Gasteiger partial charge in [0.15, 0.2) is 23.4 Å². The number of ether oxygens (including phenoxy) is 2. The fraction of sp³-hybridized carbons (Fsp3) is 0.417. The van der Waals surface area contributed by atoms with Crippen LogP contribution in [0.3, 0.4) is 0 Å². The molecule has 2 aromatic rings. The second kappa shape index (κ2) is 5.85. The van der Waals surface area contributed by atoms with E-state index in [4.69, 9.17) is 9.47 Å². The lowest BCUT2D eigenvalue weighted by molar-refractivity contribution is -0.181. The summed E-state index contributed by atoms with van der Waals surface area (Å²) in [6.45, 7) is 0.476. The van der Waals surface area contributed by atoms with Gasteiger partial charge in [-0.2, -0.15) is 0 Å². The van der Waals surface area contributed by atoms with E-state index in [2.05, 4.69) is 0 Å². The molecule has 6 heteroatoms. The Morgan fingerprint density at radius 3 is 2.77 bits per heavy atom. The molecule has 1 saturated heterocycles. The number of methoxy groups -OCH3 is 1. The maximum absolute atomic E-state index is 13.4. The topological polar surface area (TPSA) is 76.1 Å². The van der Waals surface area contributed by atoms with E-state index in [0.717, 1.165) is 11.1 Å². The number of hydrogen-bond donors (Lipinski definition) is 1. The highest BCUT2D eigenvalue weighted by atomic mass is 16.5. The zero-order valence-electron chi connectivity index (χ0n) is 16.8. The van der Waals surface area contributed by atoms with E-state index >= 15 is 0 Å². The number of amides is 1. The first-order valence-corrected chi connectivity index (χ1v) is 10.5. The summed E-state index contributed by atoms with van der Waals surface area (Å²) in [5, 5.41) is 12.2. The van der Waals surface area contributed by atoms with Crippen LogP contribution in [0.2, 0.25) is 0 Å². The van der Waals surface area contributed by atoms with Gasteiger partial charge in [-0.15, -0.1) is 0 Å². The molecule has 1 amide bonds. The van der Waals surface area contributed by atoms with Crippen LogP contribution >= 0.6 is 0 Å². The number of carbonyl (C=O) groups excluding carboxylic acids is 2. The molecular weight excluding hydrogens is 382 g/mol. The molecule has 30 heavy (non-hydrogen) atoms. The van der Waals surface area contributed by atoms with Gasteiger partial charge < -0.3 is 19.5 Å². The minimum Gasteiger partial charge on any atom is -0.493 e. The summed E-state index contributed by atoms with van der Waals surface area (Å²) in [5.74, 6) is 1.13. The molecule has 1 N–H and O–H groups in total. The minimum atomic E-state index is -1.21. The largest absolute Gasteiger partial charge is 0.493 e. The molecule has 6 nitrogen and oxygen atoms in total. The normalized spacial score (nSPS) is 33.0. The Balaban J connectivity index is 1.54. The summed E-state index contributed by atoms with van der Waals surface area (Å²) >= 11 is 0. The molecule has 2 aromatic carbocycles. The lowest BCUT2D eigenvalue weighted by atomic mass is 9.49. The molecule has 4 aliphatic rings. The average molecular weight is 405 g/mol. The third-order valence-electron chi connectivity index (χ3n) is 7.74. The second-order valence-electron chi connectivity index (χ2n) is 8.83. The van der Waals surface area contributed by atoms with Crippen molar-refractivity contribution in [1.29, 1.82) is 0 Å². The van der Waals surface area contributed by atoms with Crippen molar-refractivity contribution in [2.24, 2.45) is 0 Å². The Morgan fingerprint density at radius 2 is 2.00 bits per heavy atom. The zero-order chi connectivity index (χ0) is 20.7. The number of Topliss-reactive ketones (excluding diaryl/α,β-unsaturated/α-hetero) is 1. The van der Waals surface area contributed by atoms with Gasteiger partial charge in [0.25, 0.3) is 5.91 Å². The molecule has 1 spiro atoms. The van der Waals surface area contributed by atoms with Crippen LogP contribution in [-0.2, 0) is 16.6 Å². The summed E-state index contributed by atoms with van der Waals surface area (Å²) in [5.41, 5.74) is 0.537. The number of piperidine rings is 1. The van der Waals surface area contributed by atoms with Crippen molar-refractivity contribution in [3.8, 4) is 11.5 Å². The van der Waals surface area contributed by atoms with Crippen LogP contribution in [0.25, 0.3) is 0 Å². The SMILES string of the molecule is COc1ccc2c3c1O[C@@H]1C(=O)CC[C@]4(O)[C@H](C2)N(C(=O)c2ccccc2)CCC314. The number of ketones is 1. The van der Waals surface area contributed by atoms with Crippen molar-refractivity contribution in [3.63, 3.8) is 0 Å². The predicted octanol–water partition coefficient (Wildman–Crippen LogP) is 2.26. The van der Waals surface area contributed by atoms with Crippen molar-refractivity contribution < 1.29 is 24.2 Å². The number of benzene rings is 2. The fourth-order valence-electron chi connectivity index (χ4n) is 6.47. The van der Waals surface area contributed by atoms with Gasteiger partial charge in [-0.3, -0.25) is 9.59 Å². The molecule has 0 radical (unpaired) electrons. The van der Waals surface area contributed by atoms with Gasteiger partial charge in [0.1, 0.15) is 0 Å². The number of nitrogens with zero attached hydrogens (tertiary/aromatic N) is 1. The van der Waals surface area contributed by atoms with Crippen LogP contribution in [0, 0.1) is 0 Å². The Labute approximate surface area is 174 Å². The van der Waals surface area contributed by atoms with Gasteiger partial charge in [-0.25, -0.2) is 0 Å². The number of hydrogen-bond acceptors (Lipinski definition) is 5. The van der Waals surface area contributed by atoms with Crippen molar-refractivity contribution in [2.75, 3.05) is 13.7 Å². The third-order valence-corrected chi connectivity index (χ3v) is 7.74. The summed E-state index contributed by atoms with van der Waals surface area (Å²) in [6.07, 6.45) is 0.886. The Bertz CT molecular complexity index is 1080. The first kappa shape index (κ1) is 18.0. The molecule has 1 unspecified atom stereocenters. The van der Waals surface area contributed by atoms with Crippen molar-refractivity contribution in [1.82, 2.24) is 4.90 Å². The standard InChI is InChI=1S/C24H23NO5/c1-29-17-8-7-15-13-18-24(28)10-9-16(26)21-23(24,19(15)20(17)30-21)11-12-25(18)22(27)14-5-3-2-4-6-14/h2-8,18,21,28H,9-13H2,1H3/t18-,21+,23?,24-/m0/s1. The molecule has 6 rings (SSSR count). The summed E-state index contributed by atoms with van der Waals surface area (Å²) < 4.78 is 11.7. The zero-order valence-corrected chi connectivity index (χ0v) is 16.8. The third kappa shape index (κ3) is 1.93. The maximum atomic E-state index is 13.4. The van der Waals surface area contributed by atoms with Gasteiger partial charge in [0.2, 0.25) is 0 Å². The summed E-state index contributed by atoms with van der Waals surface area (Å²) in [4.78, 5) is 28.1. The molecule has 2 aliphatic heterocycles. The van der Waals surface area contributed by atoms with E-state index < -0.39 is 23.2 Å². The molecule has 2 heterocycles. The summed E-state index contributed by atoms with van der Waals surface area (Å²) in [7, 11) is 1.59. The molecule has 2 aliphatic carbocycles. The van der Waals surface area contributed by atoms with Crippen LogP contribution in [-0.4, -0.2) is 53.1 Å². The highest BCUT2D eigenvalue weighted by Crippen LogP contribution is 2.64. The molecule has 1 saturated carbocycles. The smallest absolute Gasteiger partial charge is 0.254 e. The molecule has 2 bridgehead atoms. The molecule has 0 aromatic heterocycles. The van der Waals surface area contributed by atoms with E-state index in [9.17, 15) is 14.7 Å². The number of rotatable bonds is 2. The van der Waals surface area contributed by atoms with Gasteiger partial charge in [-0.05, 0) is 43.0 Å². The Kier molecular flexibility index (Phi) is 3.50. The van der Waals surface area contributed by atoms with Crippen LogP contribution in [0.5, 0.6) is 11.5 Å². The minimum absolute atomic E-state index is 0.0207. The second-order valence-corrected chi connectivity index (χ2v) is 8.83. The average Bonchev–Trinajstić information content (AvgIpc) is 3.12. The lowest BCUT2D eigenvalue weighted by Crippen LogP contribution is -2.77. The monoisotopic (exact) mass is 405 g/mol.